The highest BCUT2D eigenvalue weighted by Crippen LogP contribution is 2.25. The smallest absolute Gasteiger partial charge is 0.234 e. The monoisotopic (exact) mass is 333 g/mol. The Hall–Kier alpha value is -1.89. The van der Waals surface area contributed by atoms with Gasteiger partial charge in [0.25, 0.3) is 0 Å². The number of nitrogens with zero attached hydrogens (tertiary/aromatic N) is 4. The number of carbonyl (C=O) groups is 1. The fourth-order valence-corrected chi connectivity index (χ4v) is 3.52. The number of carbonyl (C=O) groups excluding carboxylic acids is 1. The van der Waals surface area contributed by atoms with Crippen molar-refractivity contribution in [1.82, 2.24) is 14.9 Å². The van der Waals surface area contributed by atoms with Gasteiger partial charge in [0.2, 0.25) is 11.8 Å². The maximum atomic E-state index is 11.1. The third-order valence-corrected chi connectivity index (χ3v) is 4.83. The number of amides is 1. The van der Waals surface area contributed by atoms with E-state index in [1.54, 1.807) is 12.4 Å². The number of nitrogens with two attached hydrogens (primary N) is 1. The molecule has 0 spiro atoms. The SMILES string of the molecule is NC(=O)CN1CCCN(c2cncc(OCC3CCCC3)n2)CC1. The second kappa shape index (κ2) is 8.28. The molecule has 1 saturated heterocycles. The van der Waals surface area contributed by atoms with Crippen molar-refractivity contribution < 1.29 is 9.53 Å². The minimum absolute atomic E-state index is 0.273. The molecule has 0 unspecified atom stereocenters. The fraction of sp³-hybridized carbons (Fsp3) is 0.706. The van der Waals surface area contributed by atoms with Crippen molar-refractivity contribution in [3.63, 3.8) is 0 Å². The van der Waals surface area contributed by atoms with Gasteiger partial charge in [-0.3, -0.25) is 14.7 Å². The summed E-state index contributed by atoms with van der Waals surface area (Å²) >= 11 is 0. The van der Waals surface area contributed by atoms with Crippen molar-refractivity contribution >= 4 is 11.7 Å². The topological polar surface area (TPSA) is 84.6 Å². The van der Waals surface area contributed by atoms with Crippen LogP contribution in [-0.4, -0.2) is 60.1 Å². The van der Waals surface area contributed by atoms with E-state index >= 15 is 0 Å². The quantitative estimate of drug-likeness (QED) is 0.837. The van der Waals surface area contributed by atoms with Gasteiger partial charge in [0.1, 0.15) is 0 Å². The van der Waals surface area contributed by atoms with E-state index in [-0.39, 0.29) is 5.91 Å². The minimum atomic E-state index is -0.273. The summed E-state index contributed by atoms with van der Waals surface area (Å²) in [5.74, 6) is 1.85. The maximum absolute atomic E-state index is 11.1. The molecule has 132 valence electrons. The molecule has 1 amide bonds. The highest BCUT2D eigenvalue weighted by Gasteiger charge is 2.19. The molecule has 1 aromatic heterocycles. The zero-order valence-electron chi connectivity index (χ0n) is 14.2. The summed E-state index contributed by atoms with van der Waals surface area (Å²) in [6.45, 7) is 4.46. The second-order valence-corrected chi connectivity index (χ2v) is 6.76. The van der Waals surface area contributed by atoms with Gasteiger partial charge in [-0.1, -0.05) is 12.8 Å². The number of rotatable bonds is 6. The molecule has 1 aliphatic carbocycles. The van der Waals surface area contributed by atoms with E-state index in [1.807, 2.05) is 0 Å². The Kier molecular flexibility index (Phi) is 5.85. The number of primary amides is 1. The van der Waals surface area contributed by atoms with Crippen LogP contribution in [-0.2, 0) is 4.79 Å². The van der Waals surface area contributed by atoms with E-state index in [1.165, 1.54) is 25.7 Å². The summed E-state index contributed by atoms with van der Waals surface area (Å²) in [5.41, 5.74) is 5.29. The van der Waals surface area contributed by atoms with Crippen LogP contribution in [0, 0.1) is 5.92 Å². The number of hydrogen-bond donors (Lipinski definition) is 1. The first-order chi connectivity index (χ1) is 11.7. The van der Waals surface area contributed by atoms with Crippen LogP contribution in [0.5, 0.6) is 5.88 Å². The minimum Gasteiger partial charge on any atom is -0.476 e. The molecule has 0 atom stereocenters. The van der Waals surface area contributed by atoms with Crippen molar-refractivity contribution in [2.24, 2.45) is 11.7 Å². The molecule has 2 heterocycles. The van der Waals surface area contributed by atoms with Crippen LogP contribution >= 0.6 is 0 Å². The second-order valence-electron chi connectivity index (χ2n) is 6.76. The van der Waals surface area contributed by atoms with Crippen molar-refractivity contribution in [1.29, 1.82) is 0 Å². The van der Waals surface area contributed by atoms with Crippen molar-refractivity contribution in [2.45, 2.75) is 32.1 Å². The van der Waals surface area contributed by atoms with E-state index in [0.29, 0.717) is 18.3 Å². The van der Waals surface area contributed by atoms with Crippen LogP contribution in [0.1, 0.15) is 32.1 Å². The molecule has 2 N–H and O–H groups in total. The van der Waals surface area contributed by atoms with Crippen LogP contribution in [0.2, 0.25) is 0 Å². The number of hydrogen-bond acceptors (Lipinski definition) is 6. The standard InChI is InChI=1S/C17H27N5O2/c18-15(23)12-21-6-3-7-22(9-8-21)16-10-19-11-17(20-16)24-13-14-4-1-2-5-14/h10-11,14H,1-9,12-13H2,(H2,18,23). The molecule has 1 aliphatic heterocycles. The molecule has 0 bridgehead atoms. The molecule has 7 heteroatoms. The van der Waals surface area contributed by atoms with Gasteiger partial charge in [-0.15, -0.1) is 0 Å². The Morgan fingerprint density at radius 1 is 1.17 bits per heavy atom. The van der Waals surface area contributed by atoms with Crippen LogP contribution in [0.4, 0.5) is 5.82 Å². The molecule has 24 heavy (non-hydrogen) atoms. The van der Waals surface area contributed by atoms with Crippen LogP contribution in [0.3, 0.4) is 0 Å². The first-order valence-electron chi connectivity index (χ1n) is 8.91. The zero-order chi connectivity index (χ0) is 16.8. The molecule has 7 nitrogen and oxygen atoms in total. The van der Waals surface area contributed by atoms with Gasteiger partial charge in [-0.05, 0) is 25.2 Å². The fourth-order valence-electron chi connectivity index (χ4n) is 3.52. The average Bonchev–Trinajstić information content (AvgIpc) is 2.99. The van der Waals surface area contributed by atoms with Crippen LogP contribution in [0.25, 0.3) is 0 Å². The highest BCUT2D eigenvalue weighted by atomic mass is 16.5. The summed E-state index contributed by atoms with van der Waals surface area (Å²) < 4.78 is 5.85. The Morgan fingerprint density at radius 3 is 2.79 bits per heavy atom. The molecule has 2 aliphatic rings. The largest absolute Gasteiger partial charge is 0.476 e. The van der Waals surface area contributed by atoms with Crippen molar-refractivity contribution in [2.75, 3.05) is 44.2 Å². The number of anilines is 1. The third kappa shape index (κ3) is 4.80. The van der Waals surface area contributed by atoms with Crippen molar-refractivity contribution in [3.05, 3.63) is 12.4 Å². The molecule has 1 aromatic rings. The van der Waals surface area contributed by atoms with Gasteiger partial charge in [0, 0.05) is 26.2 Å². The average molecular weight is 333 g/mol. The predicted molar refractivity (Wildman–Crippen MR) is 91.9 cm³/mol. The lowest BCUT2D eigenvalue weighted by molar-refractivity contribution is -0.119. The Bertz CT molecular complexity index is 548. The van der Waals surface area contributed by atoms with Gasteiger partial charge < -0.3 is 15.4 Å². The third-order valence-electron chi connectivity index (χ3n) is 4.83. The molecule has 3 rings (SSSR count). The number of aromatic nitrogens is 2. The first kappa shape index (κ1) is 17.0. The molecule has 0 aromatic carbocycles. The zero-order valence-corrected chi connectivity index (χ0v) is 14.2. The summed E-state index contributed by atoms with van der Waals surface area (Å²) in [4.78, 5) is 24.3. The summed E-state index contributed by atoms with van der Waals surface area (Å²) in [6.07, 6.45) is 9.60. The van der Waals surface area contributed by atoms with E-state index in [0.717, 1.165) is 45.0 Å². The van der Waals surface area contributed by atoms with Crippen molar-refractivity contribution in [3.8, 4) is 5.88 Å². The van der Waals surface area contributed by atoms with E-state index < -0.39 is 0 Å². The van der Waals surface area contributed by atoms with Crippen LogP contribution < -0.4 is 15.4 Å². The molecular formula is C17H27N5O2. The summed E-state index contributed by atoms with van der Waals surface area (Å²) in [6, 6.07) is 0. The lowest BCUT2D eigenvalue weighted by Gasteiger charge is -2.22. The van der Waals surface area contributed by atoms with Gasteiger partial charge in [-0.25, -0.2) is 0 Å². The van der Waals surface area contributed by atoms with E-state index in [4.69, 9.17) is 10.5 Å². The van der Waals surface area contributed by atoms with E-state index in [9.17, 15) is 4.79 Å². The molecule has 2 fully saturated rings. The van der Waals surface area contributed by atoms with Gasteiger partial charge in [0.15, 0.2) is 5.82 Å². The normalized spacial score (nSPS) is 20.1. The molecule has 0 radical (unpaired) electrons. The lowest BCUT2D eigenvalue weighted by atomic mass is 10.1. The Balaban J connectivity index is 1.55. The van der Waals surface area contributed by atoms with Gasteiger partial charge in [-0.2, -0.15) is 4.98 Å². The van der Waals surface area contributed by atoms with E-state index in [2.05, 4.69) is 19.8 Å². The predicted octanol–water partition coefficient (Wildman–Crippen LogP) is 1.04. The van der Waals surface area contributed by atoms with Gasteiger partial charge >= 0.3 is 0 Å². The lowest BCUT2D eigenvalue weighted by Crippen LogP contribution is -2.36. The maximum Gasteiger partial charge on any atom is 0.234 e. The first-order valence-corrected chi connectivity index (χ1v) is 8.91. The summed E-state index contributed by atoms with van der Waals surface area (Å²) in [5, 5.41) is 0. The van der Waals surface area contributed by atoms with Crippen LogP contribution in [0.15, 0.2) is 12.4 Å². The number of ether oxygens (including phenoxy) is 1. The summed E-state index contributed by atoms with van der Waals surface area (Å²) in [7, 11) is 0. The molecular weight excluding hydrogens is 306 g/mol. The molecule has 1 saturated carbocycles. The Labute approximate surface area is 143 Å². The Morgan fingerprint density at radius 2 is 2.00 bits per heavy atom. The van der Waals surface area contributed by atoms with Gasteiger partial charge in [0.05, 0.1) is 25.5 Å². The highest BCUT2D eigenvalue weighted by molar-refractivity contribution is 5.75.